The Hall–Kier alpha value is -2.28. The highest BCUT2D eigenvalue weighted by molar-refractivity contribution is 5.69. The van der Waals surface area contributed by atoms with Gasteiger partial charge in [0.1, 0.15) is 0 Å². The highest BCUT2D eigenvalue weighted by Crippen LogP contribution is 2.24. The van der Waals surface area contributed by atoms with E-state index in [9.17, 15) is 0 Å². The molecule has 0 aliphatic heterocycles. The molecule has 0 bridgehead atoms. The first kappa shape index (κ1) is 9.91. The summed E-state index contributed by atoms with van der Waals surface area (Å²) >= 11 is 0. The van der Waals surface area contributed by atoms with E-state index in [1.807, 2.05) is 18.5 Å². The summed E-state index contributed by atoms with van der Waals surface area (Å²) in [5, 5.41) is 0. The van der Waals surface area contributed by atoms with Crippen molar-refractivity contribution >= 4 is 0 Å². The van der Waals surface area contributed by atoms with Crippen LogP contribution >= 0.6 is 0 Å². The van der Waals surface area contributed by atoms with Gasteiger partial charge in [0, 0.05) is 12.4 Å². The van der Waals surface area contributed by atoms with Crippen molar-refractivity contribution < 1.29 is 0 Å². The fraction of sp³-hybridized carbons (Fsp3) is 0. The fourth-order valence-electron chi connectivity index (χ4n) is 1.99. The molecule has 0 radical (unpaired) electrons. The minimum Gasteiger partial charge on any atom is -0.367 e. The van der Waals surface area contributed by atoms with E-state index in [1.165, 1.54) is 22.3 Å². The van der Waals surface area contributed by atoms with Gasteiger partial charge in [0.15, 0.2) is 0 Å². The van der Waals surface area contributed by atoms with Crippen LogP contribution in [0.3, 0.4) is 0 Å². The molecular weight excluding hydrogens is 206 g/mol. The lowest BCUT2D eigenvalue weighted by Crippen LogP contribution is -1.78. The van der Waals surface area contributed by atoms with Gasteiger partial charge in [-0.3, -0.25) is 0 Å². The maximum Gasteiger partial charge on any atom is 0.00841 e. The van der Waals surface area contributed by atoms with E-state index in [4.69, 9.17) is 0 Å². The third-order valence-electron chi connectivity index (χ3n) is 2.92. The molecule has 0 amide bonds. The number of rotatable bonds is 2. The highest BCUT2D eigenvalue weighted by Gasteiger charge is 1.99. The summed E-state index contributed by atoms with van der Waals surface area (Å²) in [4.78, 5) is 3.07. The number of H-pyrrole nitrogens is 1. The molecular formula is C16H13N. The predicted molar refractivity (Wildman–Crippen MR) is 71.7 cm³/mol. The van der Waals surface area contributed by atoms with Crippen molar-refractivity contribution in [2.75, 3.05) is 0 Å². The fourth-order valence-corrected chi connectivity index (χ4v) is 1.99. The SMILES string of the molecule is c1ccc(-c2ccc(-c3cc[nH]c3)cc2)cc1. The number of aromatic amines is 1. The Morgan fingerprint density at radius 1 is 0.529 bits per heavy atom. The zero-order valence-electron chi connectivity index (χ0n) is 9.43. The van der Waals surface area contributed by atoms with Crippen LogP contribution in [-0.4, -0.2) is 4.98 Å². The van der Waals surface area contributed by atoms with Crippen molar-refractivity contribution in [2.45, 2.75) is 0 Å². The molecule has 1 heterocycles. The van der Waals surface area contributed by atoms with Crippen molar-refractivity contribution in [3.8, 4) is 22.3 Å². The van der Waals surface area contributed by atoms with Crippen LogP contribution in [0.1, 0.15) is 0 Å². The molecule has 1 heteroatoms. The topological polar surface area (TPSA) is 15.8 Å². The molecule has 3 aromatic rings. The van der Waals surface area contributed by atoms with Crippen LogP contribution in [0.2, 0.25) is 0 Å². The molecule has 0 aliphatic rings. The van der Waals surface area contributed by atoms with E-state index < -0.39 is 0 Å². The number of aromatic nitrogens is 1. The second kappa shape index (κ2) is 4.30. The maximum absolute atomic E-state index is 3.07. The minimum absolute atomic E-state index is 1.23. The average molecular weight is 219 g/mol. The average Bonchev–Trinajstić information content (AvgIpc) is 2.94. The summed E-state index contributed by atoms with van der Waals surface area (Å²) in [5.41, 5.74) is 4.98. The van der Waals surface area contributed by atoms with E-state index >= 15 is 0 Å². The van der Waals surface area contributed by atoms with E-state index in [0.29, 0.717) is 0 Å². The molecule has 0 atom stereocenters. The van der Waals surface area contributed by atoms with Crippen LogP contribution in [0.4, 0.5) is 0 Å². The van der Waals surface area contributed by atoms with Gasteiger partial charge in [-0.1, -0.05) is 54.6 Å². The summed E-state index contributed by atoms with van der Waals surface area (Å²) in [7, 11) is 0. The number of hydrogen-bond donors (Lipinski definition) is 1. The lowest BCUT2D eigenvalue weighted by molar-refractivity contribution is 1.41. The Bertz CT molecular complexity index is 577. The van der Waals surface area contributed by atoms with Gasteiger partial charge in [-0.25, -0.2) is 0 Å². The summed E-state index contributed by atoms with van der Waals surface area (Å²) < 4.78 is 0. The lowest BCUT2D eigenvalue weighted by Gasteiger charge is -2.03. The smallest absolute Gasteiger partial charge is 0.00841 e. The van der Waals surface area contributed by atoms with Crippen molar-refractivity contribution in [3.63, 3.8) is 0 Å². The van der Waals surface area contributed by atoms with Gasteiger partial charge in [0.2, 0.25) is 0 Å². The van der Waals surface area contributed by atoms with E-state index in [2.05, 4.69) is 59.6 Å². The Morgan fingerprint density at radius 2 is 1.12 bits per heavy atom. The van der Waals surface area contributed by atoms with Crippen molar-refractivity contribution in [1.82, 2.24) is 4.98 Å². The molecule has 17 heavy (non-hydrogen) atoms. The normalized spacial score (nSPS) is 10.4. The molecule has 1 nitrogen and oxygen atoms in total. The molecule has 0 saturated carbocycles. The Morgan fingerprint density at radius 3 is 1.71 bits per heavy atom. The van der Waals surface area contributed by atoms with Crippen LogP contribution in [-0.2, 0) is 0 Å². The van der Waals surface area contributed by atoms with Gasteiger partial charge < -0.3 is 4.98 Å². The zero-order chi connectivity index (χ0) is 11.5. The first-order valence-electron chi connectivity index (χ1n) is 5.72. The monoisotopic (exact) mass is 219 g/mol. The predicted octanol–water partition coefficient (Wildman–Crippen LogP) is 4.35. The third-order valence-corrected chi connectivity index (χ3v) is 2.92. The zero-order valence-corrected chi connectivity index (χ0v) is 9.43. The Kier molecular flexibility index (Phi) is 2.51. The standard InChI is InChI=1S/C16H13N/c1-2-4-13(5-3-1)14-6-8-15(9-7-14)16-10-11-17-12-16/h1-12,17H. The van der Waals surface area contributed by atoms with Crippen LogP contribution in [0.5, 0.6) is 0 Å². The van der Waals surface area contributed by atoms with Crippen molar-refractivity contribution in [2.24, 2.45) is 0 Å². The van der Waals surface area contributed by atoms with Crippen molar-refractivity contribution in [1.29, 1.82) is 0 Å². The Balaban J connectivity index is 1.96. The quantitative estimate of drug-likeness (QED) is 0.659. The van der Waals surface area contributed by atoms with Crippen LogP contribution in [0.25, 0.3) is 22.3 Å². The van der Waals surface area contributed by atoms with E-state index in [-0.39, 0.29) is 0 Å². The molecule has 1 aromatic heterocycles. The summed E-state index contributed by atoms with van der Waals surface area (Å²) in [6, 6.07) is 21.2. The van der Waals surface area contributed by atoms with Gasteiger partial charge in [0.05, 0.1) is 0 Å². The maximum atomic E-state index is 3.07. The summed E-state index contributed by atoms with van der Waals surface area (Å²) in [5.74, 6) is 0. The third kappa shape index (κ3) is 2.00. The number of benzene rings is 2. The number of hydrogen-bond acceptors (Lipinski definition) is 0. The molecule has 2 aromatic carbocycles. The van der Waals surface area contributed by atoms with Crippen LogP contribution in [0.15, 0.2) is 73.1 Å². The van der Waals surface area contributed by atoms with Crippen LogP contribution in [0, 0.1) is 0 Å². The van der Waals surface area contributed by atoms with Gasteiger partial charge in [-0.05, 0) is 28.3 Å². The van der Waals surface area contributed by atoms with Gasteiger partial charge >= 0.3 is 0 Å². The van der Waals surface area contributed by atoms with Gasteiger partial charge in [0.25, 0.3) is 0 Å². The summed E-state index contributed by atoms with van der Waals surface area (Å²) in [6.45, 7) is 0. The Labute approximate surface area is 101 Å². The van der Waals surface area contributed by atoms with E-state index in [0.717, 1.165) is 0 Å². The molecule has 82 valence electrons. The first-order valence-corrected chi connectivity index (χ1v) is 5.72. The molecule has 0 saturated heterocycles. The van der Waals surface area contributed by atoms with Gasteiger partial charge in [-0.15, -0.1) is 0 Å². The second-order valence-corrected chi connectivity index (χ2v) is 4.04. The molecule has 0 unspecified atom stereocenters. The summed E-state index contributed by atoms with van der Waals surface area (Å²) in [6.07, 6.45) is 3.96. The van der Waals surface area contributed by atoms with Crippen molar-refractivity contribution in [3.05, 3.63) is 73.1 Å². The first-order chi connectivity index (χ1) is 8.43. The minimum atomic E-state index is 1.23. The highest BCUT2D eigenvalue weighted by atomic mass is 14.6. The molecule has 1 N–H and O–H groups in total. The van der Waals surface area contributed by atoms with Gasteiger partial charge in [-0.2, -0.15) is 0 Å². The molecule has 0 fully saturated rings. The largest absolute Gasteiger partial charge is 0.367 e. The second-order valence-electron chi connectivity index (χ2n) is 4.04. The molecule has 0 aliphatic carbocycles. The van der Waals surface area contributed by atoms with Crippen LogP contribution < -0.4 is 0 Å². The molecule has 0 spiro atoms. The lowest BCUT2D eigenvalue weighted by atomic mass is 10.0. The number of nitrogens with one attached hydrogen (secondary N) is 1. The molecule has 3 rings (SSSR count). The van der Waals surface area contributed by atoms with E-state index in [1.54, 1.807) is 0 Å².